The van der Waals surface area contributed by atoms with E-state index in [2.05, 4.69) is 10.6 Å². The molecule has 0 aliphatic rings. The third kappa shape index (κ3) is 4.36. The zero-order valence-electron chi connectivity index (χ0n) is 12.9. The van der Waals surface area contributed by atoms with Gasteiger partial charge in [-0.05, 0) is 30.2 Å². The second-order valence-corrected chi connectivity index (χ2v) is 5.50. The first-order valence-electron chi connectivity index (χ1n) is 7.39. The first-order chi connectivity index (χ1) is 10.6. The molecule has 1 aromatic carbocycles. The fourth-order valence-corrected chi connectivity index (χ4v) is 1.96. The Morgan fingerprint density at radius 3 is 2.68 bits per heavy atom. The number of aliphatic hydroxyl groups excluding tert-OH is 1. The minimum absolute atomic E-state index is 0.104. The van der Waals surface area contributed by atoms with E-state index in [9.17, 15) is 9.90 Å². The molecule has 0 fully saturated rings. The van der Waals surface area contributed by atoms with Gasteiger partial charge < -0.3 is 20.2 Å². The number of hydrogen-bond acceptors (Lipinski definition) is 4. The number of carbonyl (C=O) groups is 1. The maximum absolute atomic E-state index is 12.3. The van der Waals surface area contributed by atoms with Crippen LogP contribution in [-0.4, -0.2) is 23.7 Å². The molecule has 2 rings (SSSR count). The van der Waals surface area contributed by atoms with E-state index in [1.165, 1.54) is 0 Å². The third-order valence-electron chi connectivity index (χ3n) is 3.45. The van der Waals surface area contributed by atoms with Crippen LogP contribution in [0.25, 0.3) is 0 Å². The smallest absolute Gasteiger partial charge is 0.253 e. The van der Waals surface area contributed by atoms with Crippen LogP contribution in [0.1, 0.15) is 30.0 Å². The summed E-state index contributed by atoms with van der Waals surface area (Å²) < 4.78 is 5.26. The van der Waals surface area contributed by atoms with Crippen LogP contribution in [0.3, 0.4) is 0 Å². The predicted octanol–water partition coefficient (Wildman–Crippen LogP) is 2.64. The first-order valence-corrected chi connectivity index (χ1v) is 7.39. The Morgan fingerprint density at radius 2 is 2.00 bits per heavy atom. The van der Waals surface area contributed by atoms with Crippen molar-refractivity contribution in [1.29, 1.82) is 0 Å². The largest absolute Gasteiger partial charge is 0.467 e. The molecule has 0 radical (unpaired) electrons. The predicted molar refractivity (Wildman–Crippen MR) is 85.7 cm³/mol. The van der Waals surface area contributed by atoms with E-state index in [0.717, 1.165) is 11.4 Å². The number of para-hydroxylation sites is 1. The molecule has 1 amide bonds. The van der Waals surface area contributed by atoms with E-state index in [-0.39, 0.29) is 18.4 Å². The van der Waals surface area contributed by atoms with Gasteiger partial charge >= 0.3 is 0 Å². The molecular formula is C17H22N2O3. The molecule has 0 bridgehead atoms. The average molecular weight is 302 g/mol. The summed E-state index contributed by atoms with van der Waals surface area (Å²) in [5.41, 5.74) is 1.28. The summed E-state index contributed by atoms with van der Waals surface area (Å²) in [6.45, 7) is 4.57. The van der Waals surface area contributed by atoms with Crippen LogP contribution in [0.2, 0.25) is 0 Å². The third-order valence-corrected chi connectivity index (χ3v) is 3.45. The number of carbonyl (C=O) groups excluding carboxylic acids is 1. The second-order valence-electron chi connectivity index (χ2n) is 5.50. The highest BCUT2D eigenvalue weighted by Crippen LogP contribution is 2.16. The molecule has 3 N–H and O–H groups in total. The summed E-state index contributed by atoms with van der Waals surface area (Å²) >= 11 is 0. The van der Waals surface area contributed by atoms with Crippen molar-refractivity contribution < 1.29 is 14.3 Å². The van der Waals surface area contributed by atoms with Gasteiger partial charge in [0.05, 0.1) is 24.5 Å². The highest BCUT2D eigenvalue weighted by atomic mass is 16.3. The van der Waals surface area contributed by atoms with Crippen molar-refractivity contribution >= 4 is 11.6 Å². The molecule has 5 nitrogen and oxygen atoms in total. The molecule has 2 aromatic rings. The van der Waals surface area contributed by atoms with Crippen molar-refractivity contribution in [2.75, 3.05) is 11.9 Å². The van der Waals surface area contributed by atoms with Crippen LogP contribution >= 0.6 is 0 Å². The molecule has 1 heterocycles. The summed E-state index contributed by atoms with van der Waals surface area (Å²) in [7, 11) is 0. The Kier molecular flexibility index (Phi) is 5.61. The lowest BCUT2D eigenvalue weighted by Crippen LogP contribution is -2.35. The molecule has 0 saturated carbocycles. The van der Waals surface area contributed by atoms with Crippen molar-refractivity contribution in [3.8, 4) is 0 Å². The lowest BCUT2D eigenvalue weighted by atomic mass is 10.1. The van der Waals surface area contributed by atoms with E-state index >= 15 is 0 Å². The van der Waals surface area contributed by atoms with Gasteiger partial charge in [0.15, 0.2) is 0 Å². The lowest BCUT2D eigenvalue weighted by Gasteiger charge is -2.16. The molecule has 0 spiro atoms. The molecule has 1 atom stereocenters. The Hall–Kier alpha value is -2.27. The summed E-state index contributed by atoms with van der Waals surface area (Å²) in [5, 5.41) is 15.7. The first kappa shape index (κ1) is 16.1. The molecule has 1 aromatic heterocycles. The van der Waals surface area contributed by atoms with E-state index < -0.39 is 6.10 Å². The number of rotatable bonds is 7. The van der Waals surface area contributed by atoms with Gasteiger partial charge in [0.25, 0.3) is 5.91 Å². The maximum atomic E-state index is 12.3. The summed E-state index contributed by atoms with van der Waals surface area (Å²) in [4.78, 5) is 12.3. The molecular weight excluding hydrogens is 280 g/mol. The van der Waals surface area contributed by atoms with E-state index in [0.29, 0.717) is 12.1 Å². The number of furan rings is 1. The second kappa shape index (κ2) is 7.66. The average Bonchev–Trinajstić information content (AvgIpc) is 3.03. The zero-order valence-corrected chi connectivity index (χ0v) is 12.9. The SMILES string of the molecule is CC(C)C(O)CNC(=O)c1ccccc1NCc1ccco1. The van der Waals surface area contributed by atoms with E-state index in [4.69, 9.17) is 4.42 Å². The molecule has 118 valence electrons. The van der Waals surface area contributed by atoms with Crippen LogP contribution in [-0.2, 0) is 6.54 Å². The van der Waals surface area contributed by atoms with Crippen molar-refractivity contribution in [3.05, 3.63) is 54.0 Å². The molecule has 1 unspecified atom stereocenters. The zero-order chi connectivity index (χ0) is 15.9. The molecule has 5 heteroatoms. The monoisotopic (exact) mass is 302 g/mol. The van der Waals surface area contributed by atoms with Gasteiger partial charge in [-0.15, -0.1) is 0 Å². The van der Waals surface area contributed by atoms with E-state index in [1.807, 2.05) is 44.2 Å². The summed E-state index contributed by atoms with van der Waals surface area (Å²) in [6.07, 6.45) is 1.07. The minimum atomic E-state index is -0.549. The highest BCUT2D eigenvalue weighted by Gasteiger charge is 2.14. The van der Waals surface area contributed by atoms with Gasteiger partial charge in [0.2, 0.25) is 0 Å². The normalized spacial score (nSPS) is 12.2. The number of amides is 1. The van der Waals surface area contributed by atoms with Crippen LogP contribution < -0.4 is 10.6 Å². The van der Waals surface area contributed by atoms with Crippen molar-refractivity contribution in [1.82, 2.24) is 5.32 Å². The number of nitrogens with one attached hydrogen (secondary N) is 2. The molecule has 0 aliphatic heterocycles. The number of benzene rings is 1. The standard InChI is InChI=1S/C17H22N2O3/c1-12(2)16(20)11-19-17(21)14-7-3-4-8-15(14)18-10-13-6-5-9-22-13/h3-9,12,16,18,20H,10-11H2,1-2H3,(H,19,21). The Labute approximate surface area is 130 Å². The summed E-state index contributed by atoms with van der Waals surface area (Å²) in [5.74, 6) is 0.695. The van der Waals surface area contributed by atoms with Gasteiger partial charge in [-0.2, -0.15) is 0 Å². The fourth-order valence-electron chi connectivity index (χ4n) is 1.96. The number of aliphatic hydroxyl groups is 1. The summed E-state index contributed by atoms with van der Waals surface area (Å²) in [6, 6.07) is 11.0. The van der Waals surface area contributed by atoms with Gasteiger partial charge in [-0.3, -0.25) is 4.79 Å². The number of hydrogen-bond donors (Lipinski definition) is 3. The Balaban J connectivity index is 1.99. The lowest BCUT2D eigenvalue weighted by molar-refractivity contribution is 0.0872. The van der Waals surface area contributed by atoms with Crippen LogP contribution in [0, 0.1) is 5.92 Å². The Morgan fingerprint density at radius 1 is 1.23 bits per heavy atom. The topological polar surface area (TPSA) is 74.5 Å². The minimum Gasteiger partial charge on any atom is -0.467 e. The Bertz CT molecular complexity index is 594. The fraction of sp³-hybridized carbons (Fsp3) is 0.353. The van der Waals surface area contributed by atoms with Gasteiger partial charge in [0.1, 0.15) is 5.76 Å². The van der Waals surface area contributed by atoms with Gasteiger partial charge in [-0.25, -0.2) is 0 Å². The quantitative estimate of drug-likeness (QED) is 0.735. The maximum Gasteiger partial charge on any atom is 0.253 e. The van der Waals surface area contributed by atoms with Crippen molar-refractivity contribution in [3.63, 3.8) is 0 Å². The molecule has 22 heavy (non-hydrogen) atoms. The molecule has 0 saturated heterocycles. The van der Waals surface area contributed by atoms with Crippen LogP contribution in [0.5, 0.6) is 0 Å². The number of anilines is 1. The van der Waals surface area contributed by atoms with Crippen molar-refractivity contribution in [2.45, 2.75) is 26.5 Å². The van der Waals surface area contributed by atoms with Crippen LogP contribution in [0.15, 0.2) is 47.1 Å². The van der Waals surface area contributed by atoms with Gasteiger partial charge in [0, 0.05) is 12.2 Å². The van der Waals surface area contributed by atoms with Crippen molar-refractivity contribution in [2.24, 2.45) is 5.92 Å². The van der Waals surface area contributed by atoms with Gasteiger partial charge in [-0.1, -0.05) is 26.0 Å². The van der Waals surface area contributed by atoms with E-state index in [1.54, 1.807) is 12.3 Å². The highest BCUT2D eigenvalue weighted by molar-refractivity contribution is 5.99. The van der Waals surface area contributed by atoms with Crippen LogP contribution in [0.4, 0.5) is 5.69 Å². The molecule has 0 aliphatic carbocycles.